The van der Waals surface area contributed by atoms with Gasteiger partial charge in [-0.15, -0.1) is 0 Å². The van der Waals surface area contributed by atoms with Gasteiger partial charge in [0, 0.05) is 25.0 Å². The van der Waals surface area contributed by atoms with Gasteiger partial charge in [-0.05, 0) is 31.5 Å². The lowest BCUT2D eigenvalue weighted by Gasteiger charge is -2.22. The van der Waals surface area contributed by atoms with E-state index >= 15 is 0 Å². The first-order chi connectivity index (χ1) is 9.96. The third-order valence-electron chi connectivity index (χ3n) is 3.68. The van der Waals surface area contributed by atoms with E-state index in [1.54, 1.807) is 19.4 Å². The molecule has 0 radical (unpaired) electrons. The summed E-state index contributed by atoms with van der Waals surface area (Å²) in [6, 6.07) is 3.79. The van der Waals surface area contributed by atoms with E-state index in [1.807, 2.05) is 17.0 Å². The number of carbonyl (C=O) groups is 1. The Kier molecular flexibility index (Phi) is 5.30. The van der Waals surface area contributed by atoms with E-state index in [2.05, 4.69) is 10.3 Å². The van der Waals surface area contributed by atoms with Crippen LogP contribution in [-0.2, 0) is 21.1 Å². The van der Waals surface area contributed by atoms with Gasteiger partial charge in [0.2, 0.25) is 5.91 Å². The van der Waals surface area contributed by atoms with Crippen LogP contribution in [-0.4, -0.2) is 61.9 Å². The molecular weight excluding hydrogens is 290 g/mol. The van der Waals surface area contributed by atoms with Gasteiger partial charge in [-0.25, -0.2) is 8.42 Å². The maximum Gasteiger partial charge on any atom is 0.234 e. The second-order valence-electron chi connectivity index (χ2n) is 5.43. The van der Waals surface area contributed by atoms with Crippen LogP contribution in [0.2, 0.25) is 0 Å². The molecule has 1 aromatic heterocycles. The summed E-state index contributed by atoms with van der Waals surface area (Å²) in [4.78, 5) is 17.7. The van der Waals surface area contributed by atoms with E-state index in [0.717, 1.165) is 12.0 Å². The lowest BCUT2D eigenvalue weighted by molar-refractivity contribution is -0.122. The van der Waals surface area contributed by atoms with Crippen LogP contribution in [0.4, 0.5) is 0 Å². The Morgan fingerprint density at radius 3 is 2.95 bits per heavy atom. The third-order valence-corrected chi connectivity index (χ3v) is 5.43. The van der Waals surface area contributed by atoms with E-state index < -0.39 is 9.84 Å². The van der Waals surface area contributed by atoms with Crippen LogP contribution >= 0.6 is 0 Å². The Labute approximate surface area is 125 Å². The molecule has 0 bridgehead atoms. The zero-order valence-corrected chi connectivity index (χ0v) is 13.0. The molecule has 2 heterocycles. The number of hydrogen-bond donors (Lipinski definition) is 1. The maximum absolute atomic E-state index is 11.8. The van der Waals surface area contributed by atoms with Crippen LogP contribution in [0, 0.1) is 0 Å². The molecule has 1 amide bonds. The van der Waals surface area contributed by atoms with Gasteiger partial charge in [0.15, 0.2) is 9.84 Å². The van der Waals surface area contributed by atoms with Crippen LogP contribution in [0.5, 0.6) is 0 Å². The summed E-state index contributed by atoms with van der Waals surface area (Å²) in [5, 5.41) is 2.85. The molecule has 1 atom stereocenters. The summed E-state index contributed by atoms with van der Waals surface area (Å²) >= 11 is 0. The van der Waals surface area contributed by atoms with Crippen molar-refractivity contribution in [2.45, 2.75) is 18.9 Å². The quantitative estimate of drug-likeness (QED) is 0.791. The van der Waals surface area contributed by atoms with E-state index in [0.29, 0.717) is 13.0 Å². The number of amides is 1. The summed E-state index contributed by atoms with van der Waals surface area (Å²) in [6.07, 6.45) is 4.84. The first-order valence-electron chi connectivity index (χ1n) is 7.02. The Bertz CT molecular complexity index is 574. The molecule has 21 heavy (non-hydrogen) atoms. The van der Waals surface area contributed by atoms with Crippen molar-refractivity contribution < 1.29 is 13.2 Å². The fourth-order valence-corrected chi connectivity index (χ4v) is 4.23. The van der Waals surface area contributed by atoms with Crippen molar-refractivity contribution in [3.05, 3.63) is 30.1 Å². The van der Waals surface area contributed by atoms with Crippen molar-refractivity contribution >= 4 is 15.7 Å². The molecule has 1 aliphatic rings. The van der Waals surface area contributed by atoms with Crippen molar-refractivity contribution in [2.24, 2.45) is 0 Å². The van der Waals surface area contributed by atoms with Crippen LogP contribution in [0.1, 0.15) is 12.0 Å². The lowest BCUT2D eigenvalue weighted by Crippen LogP contribution is -2.41. The number of carbonyl (C=O) groups excluding carboxylic acids is 1. The van der Waals surface area contributed by atoms with Gasteiger partial charge in [0.1, 0.15) is 0 Å². The Balaban J connectivity index is 1.70. The predicted octanol–water partition coefficient (Wildman–Crippen LogP) is -0.141. The van der Waals surface area contributed by atoms with Gasteiger partial charge in [-0.1, -0.05) is 6.07 Å². The Morgan fingerprint density at radius 1 is 1.52 bits per heavy atom. The van der Waals surface area contributed by atoms with Crippen LogP contribution in [0.25, 0.3) is 0 Å². The van der Waals surface area contributed by atoms with E-state index in [9.17, 15) is 13.2 Å². The number of hydrogen-bond acceptors (Lipinski definition) is 5. The van der Waals surface area contributed by atoms with Crippen molar-refractivity contribution in [1.82, 2.24) is 15.2 Å². The molecule has 0 aromatic carbocycles. The molecule has 1 unspecified atom stereocenters. The summed E-state index contributed by atoms with van der Waals surface area (Å²) in [5.74, 6) is 0.308. The van der Waals surface area contributed by atoms with E-state index in [-0.39, 0.29) is 30.0 Å². The molecule has 6 nitrogen and oxygen atoms in total. The minimum Gasteiger partial charge on any atom is -0.355 e. The zero-order chi connectivity index (χ0) is 15.3. The van der Waals surface area contributed by atoms with E-state index in [4.69, 9.17) is 0 Å². The fourth-order valence-electron chi connectivity index (χ4n) is 2.43. The lowest BCUT2D eigenvalue weighted by atomic mass is 10.2. The van der Waals surface area contributed by atoms with Gasteiger partial charge in [-0.3, -0.25) is 14.7 Å². The molecule has 0 aliphatic carbocycles. The van der Waals surface area contributed by atoms with Gasteiger partial charge < -0.3 is 5.32 Å². The zero-order valence-electron chi connectivity index (χ0n) is 12.2. The molecule has 1 saturated heterocycles. The van der Waals surface area contributed by atoms with Gasteiger partial charge in [0.25, 0.3) is 0 Å². The van der Waals surface area contributed by atoms with Crippen molar-refractivity contribution in [2.75, 3.05) is 31.6 Å². The van der Waals surface area contributed by atoms with Crippen molar-refractivity contribution in [3.8, 4) is 0 Å². The maximum atomic E-state index is 11.8. The van der Waals surface area contributed by atoms with Gasteiger partial charge in [0.05, 0.1) is 18.1 Å². The number of nitrogens with one attached hydrogen (secondary N) is 1. The van der Waals surface area contributed by atoms with Crippen molar-refractivity contribution in [1.29, 1.82) is 0 Å². The molecule has 0 saturated carbocycles. The highest BCUT2D eigenvalue weighted by molar-refractivity contribution is 7.91. The first-order valence-corrected chi connectivity index (χ1v) is 8.85. The molecule has 2 rings (SSSR count). The number of pyridine rings is 1. The Morgan fingerprint density at radius 2 is 2.33 bits per heavy atom. The highest BCUT2D eigenvalue weighted by Crippen LogP contribution is 2.15. The second kappa shape index (κ2) is 7.00. The number of likely N-dealkylation sites (N-methyl/N-ethyl adjacent to an activating group) is 1. The summed E-state index contributed by atoms with van der Waals surface area (Å²) < 4.78 is 22.9. The minimum absolute atomic E-state index is 0.0425. The third kappa shape index (κ3) is 5.09. The monoisotopic (exact) mass is 311 g/mol. The summed E-state index contributed by atoms with van der Waals surface area (Å²) in [7, 11) is -1.11. The fraction of sp³-hybridized carbons (Fsp3) is 0.571. The topological polar surface area (TPSA) is 79.4 Å². The average molecular weight is 311 g/mol. The van der Waals surface area contributed by atoms with Crippen molar-refractivity contribution in [3.63, 3.8) is 0 Å². The average Bonchev–Trinajstić information content (AvgIpc) is 2.80. The highest BCUT2D eigenvalue weighted by Gasteiger charge is 2.31. The summed E-state index contributed by atoms with van der Waals surface area (Å²) in [5.41, 5.74) is 1.08. The van der Waals surface area contributed by atoms with Crippen LogP contribution < -0.4 is 5.32 Å². The predicted molar refractivity (Wildman–Crippen MR) is 80.6 cm³/mol. The minimum atomic E-state index is -2.91. The highest BCUT2D eigenvalue weighted by atomic mass is 32.2. The molecular formula is C14H21N3O3S. The Hall–Kier alpha value is -1.47. The first kappa shape index (κ1) is 15.9. The number of nitrogens with zero attached hydrogens (tertiary/aromatic N) is 2. The summed E-state index contributed by atoms with van der Waals surface area (Å²) in [6.45, 7) is 0.786. The molecule has 0 spiro atoms. The number of aromatic nitrogens is 1. The largest absolute Gasteiger partial charge is 0.355 e. The molecule has 1 aromatic rings. The van der Waals surface area contributed by atoms with E-state index in [1.165, 1.54) is 0 Å². The number of sulfone groups is 1. The van der Waals surface area contributed by atoms with Crippen LogP contribution in [0.15, 0.2) is 24.5 Å². The van der Waals surface area contributed by atoms with Crippen LogP contribution in [0.3, 0.4) is 0 Å². The SMILES string of the molecule is CN(CC(=O)NCCc1cccnc1)C1CCS(=O)(=O)C1. The van der Waals surface area contributed by atoms with Gasteiger partial charge >= 0.3 is 0 Å². The second-order valence-corrected chi connectivity index (χ2v) is 7.66. The normalized spacial score (nSPS) is 20.6. The molecule has 7 heteroatoms. The number of rotatable bonds is 6. The molecule has 1 aliphatic heterocycles. The smallest absolute Gasteiger partial charge is 0.234 e. The van der Waals surface area contributed by atoms with Gasteiger partial charge in [-0.2, -0.15) is 0 Å². The molecule has 1 fully saturated rings. The molecule has 1 N–H and O–H groups in total. The standard InChI is InChI=1S/C14H21N3O3S/c1-17(13-5-8-21(19,20)11-13)10-14(18)16-7-4-12-3-2-6-15-9-12/h2-3,6,9,13H,4-5,7-8,10-11H2,1H3,(H,16,18). The molecule has 116 valence electrons.